The van der Waals surface area contributed by atoms with E-state index in [1.54, 1.807) is 18.2 Å². The molecule has 0 bridgehead atoms. The number of piperidine rings is 1. The maximum Gasteiger partial charge on any atom is 0.262 e. The first-order valence-corrected chi connectivity index (χ1v) is 8.21. The number of carbonyl (C=O) groups excluding carboxylic acids is 4. The molecule has 132 valence electrons. The smallest absolute Gasteiger partial charge is 0.262 e. The topological polar surface area (TPSA) is 122 Å². The van der Waals surface area contributed by atoms with Gasteiger partial charge in [0.15, 0.2) is 0 Å². The van der Waals surface area contributed by atoms with Gasteiger partial charge < -0.3 is 11.1 Å². The van der Waals surface area contributed by atoms with Gasteiger partial charge in [-0.05, 0) is 25.0 Å². The number of hydrogen-bond acceptors (Lipinski definition) is 6. The lowest BCUT2D eigenvalue weighted by atomic mass is 10.0. The average molecular weight is 344 g/mol. The highest BCUT2D eigenvalue weighted by Gasteiger charge is 2.45. The molecule has 0 spiro atoms. The molecule has 1 fully saturated rings. The number of hydrogen-bond donors (Lipinski definition) is 3. The summed E-state index contributed by atoms with van der Waals surface area (Å²) in [6.45, 7) is 2.76. The predicted molar refractivity (Wildman–Crippen MR) is 88.5 cm³/mol. The first-order valence-electron chi connectivity index (χ1n) is 8.21. The second kappa shape index (κ2) is 6.73. The maximum atomic E-state index is 12.9. The van der Waals surface area contributed by atoms with Gasteiger partial charge in [0.05, 0.1) is 11.1 Å². The summed E-state index contributed by atoms with van der Waals surface area (Å²) in [6.07, 6.45) is 0.250. The molecule has 2 atom stereocenters. The molecule has 0 radical (unpaired) electrons. The molecule has 8 nitrogen and oxygen atoms in total. The Bertz CT molecular complexity index is 761. The third-order valence-electron chi connectivity index (χ3n) is 4.55. The quantitative estimate of drug-likeness (QED) is 0.621. The van der Waals surface area contributed by atoms with Crippen LogP contribution in [0.1, 0.15) is 46.0 Å². The zero-order valence-corrected chi connectivity index (χ0v) is 13.9. The minimum absolute atomic E-state index is 0.0642. The Morgan fingerprint density at radius 3 is 2.72 bits per heavy atom. The van der Waals surface area contributed by atoms with Gasteiger partial charge in [-0.1, -0.05) is 12.1 Å². The number of rotatable bonds is 5. The van der Waals surface area contributed by atoms with E-state index in [1.165, 1.54) is 0 Å². The minimum atomic E-state index is -0.950. The van der Waals surface area contributed by atoms with Crippen molar-refractivity contribution in [1.29, 1.82) is 0 Å². The van der Waals surface area contributed by atoms with Crippen LogP contribution in [-0.4, -0.2) is 47.2 Å². The van der Waals surface area contributed by atoms with E-state index in [0.29, 0.717) is 24.2 Å². The summed E-state index contributed by atoms with van der Waals surface area (Å²) in [7, 11) is 0. The highest BCUT2D eigenvalue weighted by atomic mass is 16.2. The number of benzene rings is 1. The summed E-state index contributed by atoms with van der Waals surface area (Å²) in [5, 5.41) is 5.38. The van der Waals surface area contributed by atoms with E-state index in [0.717, 1.165) is 4.90 Å². The fourth-order valence-electron chi connectivity index (χ4n) is 3.10. The van der Waals surface area contributed by atoms with Gasteiger partial charge in [-0.25, -0.2) is 0 Å². The molecular weight excluding hydrogens is 324 g/mol. The van der Waals surface area contributed by atoms with Gasteiger partial charge in [0, 0.05) is 25.6 Å². The summed E-state index contributed by atoms with van der Waals surface area (Å²) in [5.41, 5.74) is 6.87. The van der Waals surface area contributed by atoms with Crippen molar-refractivity contribution < 1.29 is 19.2 Å². The standard InChI is InChI=1S/C17H20N4O4/c1-9(7-18)19-8-10-3-2-4-11-14(10)17(25)21(16(11)24)12-5-6-13(22)20-15(12)23/h2-4,9,12,19H,5-8,18H2,1H3,(H,20,22,23)/t9-,12?/m0/s1. The fourth-order valence-corrected chi connectivity index (χ4v) is 3.10. The van der Waals surface area contributed by atoms with E-state index in [2.05, 4.69) is 10.6 Å². The van der Waals surface area contributed by atoms with Gasteiger partial charge in [-0.15, -0.1) is 0 Å². The van der Waals surface area contributed by atoms with Crippen LogP contribution in [0.4, 0.5) is 0 Å². The predicted octanol–water partition coefficient (Wildman–Crippen LogP) is -0.475. The Balaban J connectivity index is 1.89. The third-order valence-corrected chi connectivity index (χ3v) is 4.55. The number of imide groups is 2. The van der Waals surface area contributed by atoms with Gasteiger partial charge in [-0.2, -0.15) is 0 Å². The van der Waals surface area contributed by atoms with Crippen LogP contribution in [0.3, 0.4) is 0 Å². The lowest BCUT2D eigenvalue weighted by Crippen LogP contribution is -2.54. The van der Waals surface area contributed by atoms with Gasteiger partial charge in [0.2, 0.25) is 11.8 Å². The Morgan fingerprint density at radius 1 is 1.28 bits per heavy atom. The molecule has 25 heavy (non-hydrogen) atoms. The van der Waals surface area contributed by atoms with Crippen molar-refractivity contribution in [3.63, 3.8) is 0 Å². The highest BCUT2D eigenvalue weighted by Crippen LogP contribution is 2.29. The fraction of sp³-hybridized carbons (Fsp3) is 0.412. The van der Waals surface area contributed by atoms with E-state index in [9.17, 15) is 19.2 Å². The largest absolute Gasteiger partial charge is 0.329 e. The van der Waals surface area contributed by atoms with Crippen LogP contribution in [0.5, 0.6) is 0 Å². The summed E-state index contributed by atoms with van der Waals surface area (Å²) in [5.74, 6) is -1.99. The Kier molecular flexibility index (Phi) is 4.65. The summed E-state index contributed by atoms with van der Waals surface area (Å²) >= 11 is 0. The van der Waals surface area contributed by atoms with Crippen LogP contribution >= 0.6 is 0 Å². The van der Waals surface area contributed by atoms with Crippen LogP contribution < -0.4 is 16.4 Å². The Labute approximate surface area is 144 Å². The molecule has 0 aromatic heterocycles. The molecule has 1 unspecified atom stereocenters. The van der Waals surface area contributed by atoms with Crippen molar-refractivity contribution in [3.8, 4) is 0 Å². The van der Waals surface area contributed by atoms with Crippen molar-refractivity contribution in [2.45, 2.75) is 38.4 Å². The first kappa shape index (κ1) is 17.2. The van der Waals surface area contributed by atoms with Crippen LogP contribution in [0.25, 0.3) is 0 Å². The number of nitrogens with two attached hydrogens (primary N) is 1. The van der Waals surface area contributed by atoms with E-state index in [-0.39, 0.29) is 24.4 Å². The summed E-state index contributed by atoms with van der Waals surface area (Å²) in [4.78, 5) is 49.9. The molecule has 1 aromatic carbocycles. The molecule has 8 heteroatoms. The van der Waals surface area contributed by atoms with Crippen LogP contribution in [0.15, 0.2) is 18.2 Å². The number of amides is 4. The molecule has 4 N–H and O–H groups in total. The molecule has 2 aliphatic heterocycles. The normalized spacial score (nSPS) is 21.4. The SMILES string of the molecule is C[C@@H](CN)NCc1cccc2c1C(=O)N(C1CCC(=O)NC1=O)C2=O. The Morgan fingerprint density at radius 2 is 2.04 bits per heavy atom. The molecule has 0 saturated carbocycles. The number of nitrogens with one attached hydrogen (secondary N) is 2. The van der Waals surface area contributed by atoms with Crippen molar-refractivity contribution >= 4 is 23.6 Å². The highest BCUT2D eigenvalue weighted by molar-refractivity contribution is 6.24. The molecular formula is C17H20N4O4. The zero-order valence-electron chi connectivity index (χ0n) is 13.9. The average Bonchev–Trinajstić information content (AvgIpc) is 2.85. The number of carbonyl (C=O) groups is 4. The summed E-state index contributed by atoms with van der Waals surface area (Å²) < 4.78 is 0. The summed E-state index contributed by atoms with van der Waals surface area (Å²) in [6, 6.07) is 4.18. The van der Waals surface area contributed by atoms with Crippen LogP contribution in [-0.2, 0) is 16.1 Å². The van der Waals surface area contributed by atoms with Crippen LogP contribution in [0, 0.1) is 0 Å². The van der Waals surface area contributed by atoms with Gasteiger partial charge in [0.1, 0.15) is 6.04 Å². The van der Waals surface area contributed by atoms with Gasteiger partial charge in [0.25, 0.3) is 11.8 Å². The van der Waals surface area contributed by atoms with E-state index < -0.39 is 29.7 Å². The van der Waals surface area contributed by atoms with Crippen molar-refractivity contribution in [2.24, 2.45) is 5.73 Å². The van der Waals surface area contributed by atoms with Crippen LogP contribution in [0.2, 0.25) is 0 Å². The van der Waals surface area contributed by atoms with Crippen molar-refractivity contribution in [3.05, 3.63) is 34.9 Å². The minimum Gasteiger partial charge on any atom is -0.329 e. The van der Waals surface area contributed by atoms with Gasteiger partial charge in [-0.3, -0.25) is 29.4 Å². The monoisotopic (exact) mass is 344 g/mol. The third kappa shape index (κ3) is 3.06. The lowest BCUT2D eigenvalue weighted by molar-refractivity contribution is -0.136. The van der Waals surface area contributed by atoms with Crippen molar-refractivity contribution in [2.75, 3.05) is 6.54 Å². The molecule has 0 aliphatic carbocycles. The molecule has 2 heterocycles. The van der Waals surface area contributed by atoms with E-state index in [4.69, 9.17) is 5.73 Å². The second-order valence-corrected chi connectivity index (χ2v) is 6.30. The first-order chi connectivity index (χ1) is 11.9. The molecule has 1 aromatic rings. The molecule has 3 rings (SSSR count). The second-order valence-electron chi connectivity index (χ2n) is 6.30. The molecule has 1 saturated heterocycles. The molecule has 2 aliphatic rings. The lowest BCUT2D eigenvalue weighted by Gasteiger charge is -2.27. The van der Waals surface area contributed by atoms with Gasteiger partial charge >= 0.3 is 0 Å². The zero-order chi connectivity index (χ0) is 18.1. The number of nitrogens with zero attached hydrogens (tertiary/aromatic N) is 1. The number of fused-ring (bicyclic) bond motifs is 1. The Hall–Kier alpha value is -2.58. The van der Waals surface area contributed by atoms with E-state index >= 15 is 0 Å². The molecule has 4 amide bonds. The maximum absolute atomic E-state index is 12.9. The van der Waals surface area contributed by atoms with E-state index in [1.807, 2.05) is 6.92 Å². The van der Waals surface area contributed by atoms with Crippen molar-refractivity contribution in [1.82, 2.24) is 15.5 Å².